The molecule has 0 radical (unpaired) electrons. The summed E-state index contributed by atoms with van der Waals surface area (Å²) >= 11 is 0. The van der Waals surface area contributed by atoms with Crippen LogP contribution in [-0.4, -0.2) is 28.2 Å². The molecule has 0 aliphatic carbocycles. The molecule has 0 unspecified atom stereocenters. The number of rotatable bonds is 2. The van der Waals surface area contributed by atoms with Gasteiger partial charge in [-0.2, -0.15) is 0 Å². The average molecular weight is 300 g/mol. The minimum Gasteiger partial charge on any atom is -0.507 e. The predicted octanol–water partition coefficient (Wildman–Crippen LogP) is 2.43. The summed E-state index contributed by atoms with van der Waals surface area (Å²) in [6, 6.07) is 7.17. The molecule has 2 aromatic carbocycles. The van der Waals surface area contributed by atoms with E-state index in [-0.39, 0.29) is 28.6 Å². The van der Waals surface area contributed by atoms with Crippen LogP contribution in [0.4, 0.5) is 0 Å². The number of aromatic hydroxyl groups is 3. The van der Waals surface area contributed by atoms with Crippen molar-refractivity contribution in [1.29, 1.82) is 0 Å². The van der Waals surface area contributed by atoms with E-state index in [0.717, 1.165) is 0 Å². The first kappa shape index (κ1) is 13.8. The second-order valence-corrected chi connectivity index (χ2v) is 4.67. The smallest absolute Gasteiger partial charge is 0.232 e. The number of ketones is 1. The SMILES string of the molecule is COc1ccc(/C=C2\Oc3c(ccc(O)c3O)C2=O)c(O)c1. The van der Waals surface area contributed by atoms with Gasteiger partial charge in [-0.3, -0.25) is 4.79 Å². The summed E-state index contributed by atoms with van der Waals surface area (Å²) in [6.07, 6.45) is 1.35. The standard InChI is InChI=1S/C16H12O6/c1-21-9-3-2-8(12(18)7-9)6-13-14(19)10-4-5-11(17)15(20)16(10)22-13/h2-7,17-18,20H,1H3/b13-6-. The molecule has 6 heteroatoms. The van der Waals surface area contributed by atoms with Crippen LogP contribution in [0.3, 0.4) is 0 Å². The topological polar surface area (TPSA) is 96.2 Å². The summed E-state index contributed by atoms with van der Waals surface area (Å²) in [7, 11) is 1.47. The molecule has 0 saturated heterocycles. The molecule has 22 heavy (non-hydrogen) atoms. The number of carbonyl (C=O) groups is 1. The van der Waals surface area contributed by atoms with E-state index in [9.17, 15) is 20.1 Å². The Kier molecular flexibility index (Phi) is 3.14. The zero-order valence-electron chi connectivity index (χ0n) is 11.5. The van der Waals surface area contributed by atoms with Crippen LogP contribution >= 0.6 is 0 Å². The number of hydrogen-bond donors (Lipinski definition) is 3. The average Bonchev–Trinajstić information content (AvgIpc) is 2.82. The number of hydrogen-bond acceptors (Lipinski definition) is 6. The van der Waals surface area contributed by atoms with Gasteiger partial charge >= 0.3 is 0 Å². The van der Waals surface area contributed by atoms with E-state index >= 15 is 0 Å². The van der Waals surface area contributed by atoms with Gasteiger partial charge in [0, 0.05) is 11.6 Å². The number of fused-ring (bicyclic) bond motifs is 1. The summed E-state index contributed by atoms with van der Waals surface area (Å²) in [4.78, 5) is 12.2. The molecule has 0 amide bonds. The second kappa shape index (κ2) is 5.00. The van der Waals surface area contributed by atoms with Gasteiger partial charge in [0.1, 0.15) is 11.5 Å². The molecule has 1 aliphatic rings. The highest BCUT2D eigenvalue weighted by molar-refractivity contribution is 6.15. The summed E-state index contributed by atoms with van der Waals surface area (Å²) in [5, 5.41) is 29.1. The van der Waals surface area contributed by atoms with E-state index in [0.29, 0.717) is 11.3 Å². The maximum atomic E-state index is 12.2. The molecule has 3 rings (SSSR count). The fraction of sp³-hybridized carbons (Fsp3) is 0.0625. The summed E-state index contributed by atoms with van der Waals surface area (Å²) in [6.45, 7) is 0. The van der Waals surface area contributed by atoms with Crippen molar-refractivity contribution in [1.82, 2.24) is 0 Å². The quantitative estimate of drug-likeness (QED) is 0.582. The first-order valence-electron chi connectivity index (χ1n) is 6.37. The van der Waals surface area contributed by atoms with Gasteiger partial charge in [-0.1, -0.05) is 0 Å². The number of phenolic OH excluding ortho intramolecular Hbond substituents is 3. The van der Waals surface area contributed by atoms with E-state index in [1.165, 1.54) is 31.4 Å². The van der Waals surface area contributed by atoms with Gasteiger partial charge in [0.25, 0.3) is 0 Å². The molecule has 2 aromatic rings. The van der Waals surface area contributed by atoms with Gasteiger partial charge in [0.15, 0.2) is 17.3 Å². The lowest BCUT2D eigenvalue weighted by atomic mass is 10.1. The Bertz CT molecular complexity index is 807. The minimum atomic E-state index is -0.492. The van der Waals surface area contributed by atoms with Crippen molar-refractivity contribution in [3.63, 3.8) is 0 Å². The molecule has 0 bridgehead atoms. The molecule has 0 aromatic heterocycles. The predicted molar refractivity (Wildman–Crippen MR) is 77.4 cm³/mol. The Labute approximate surface area is 125 Å². The molecule has 0 atom stereocenters. The van der Waals surface area contributed by atoms with Gasteiger partial charge in [-0.05, 0) is 30.3 Å². The van der Waals surface area contributed by atoms with Crippen LogP contribution < -0.4 is 9.47 Å². The van der Waals surface area contributed by atoms with Crippen LogP contribution in [0.15, 0.2) is 36.1 Å². The van der Waals surface area contributed by atoms with Crippen molar-refractivity contribution in [2.75, 3.05) is 7.11 Å². The number of Topliss-reactive ketones (excluding diaryl/α,β-unsaturated/α-hetero) is 1. The third-order valence-corrected chi connectivity index (χ3v) is 3.31. The van der Waals surface area contributed by atoms with Crippen LogP contribution in [0.1, 0.15) is 15.9 Å². The Balaban J connectivity index is 2.01. The van der Waals surface area contributed by atoms with E-state index in [2.05, 4.69) is 0 Å². The van der Waals surface area contributed by atoms with Gasteiger partial charge in [-0.15, -0.1) is 0 Å². The van der Waals surface area contributed by atoms with Crippen LogP contribution in [0.25, 0.3) is 6.08 Å². The molecule has 0 saturated carbocycles. The van der Waals surface area contributed by atoms with Crippen LogP contribution in [0, 0.1) is 0 Å². The van der Waals surface area contributed by atoms with Gasteiger partial charge < -0.3 is 24.8 Å². The third-order valence-electron chi connectivity index (χ3n) is 3.31. The third kappa shape index (κ3) is 2.10. The van der Waals surface area contributed by atoms with Crippen molar-refractivity contribution < 1.29 is 29.6 Å². The molecule has 0 spiro atoms. The Morgan fingerprint density at radius 1 is 1.09 bits per heavy atom. The molecule has 6 nitrogen and oxygen atoms in total. The van der Waals surface area contributed by atoms with Gasteiger partial charge in [-0.25, -0.2) is 0 Å². The lowest BCUT2D eigenvalue weighted by molar-refractivity contribution is 0.101. The van der Waals surface area contributed by atoms with Crippen molar-refractivity contribution >= 4 is 11.9 Å². The maximum absolute atomic E-state index is 12.2. The fourth-order valence-electron chi connectivity index (χ4n) is 2.14. The molecular weight excluding hydrogens is 288 g/mol. The van der Waals surface area contributed by atoms with E-state index in [4.69, 9.17) is 9.47 Å². The molecule has 3 N–H and O–H groups in total. The van der Waals surface area contributed by atoms with Crippen LogP contribution in [-0.2, 0) is 0 Å². The van der Waals surface area contributed by atoms with Crippen molar-refractivity contribution in [2.45, 2.75) is 0 Å². The van der Waals surface area contributed by atoms with Crippen LogP contribution in [0.5, 0.6) is 28.7 Å². The molecule has 1 heterocycles. The lowest BCUT2D eigenvalue weighted by Gasteiger charge is -2.04. The van der Waals surface area contributed by atoms with Crippen molar-refractivity contribution in [3.8, 4) is 28.7 Å². The molecule has 0 fully saturated rings. The normalized spacial score (nSPS) is 14.8. The fourth-order valence-corrected chi connectivity index (χ4v) is 2.14. The summed E-state index contributed by atoms with van der Waals surface area (Å²) in [5.74, 6) is -1.06. The van der Waals surface area contributed by atoms with E-state index < -0.39 is 11.5 Å². The van der Waals surface area contributed by atoms with E-state index in [1.807, 2.05) is 0 Å². The zero-order valence-corrected chi connectivity index (χ0v) is 11.5. The lowest BCUT2D eigenvalue weighted by Crippen LogP contribution is -1.98. The first-order chi connectivity index (χ1) is 10.5. The zero-order chi connectivity index (χ0) is 15.9. The molecular formula is C16H12O6. The minimum absolute atomic E-state index is 0.0589. The van der Waals surface area contributed by atoms with Gasteiger partial charge in [0.2, 0.25) is 11.5 Å². The maximum Gasteiger partial charge on any atom is 0.232 e. The number of benzene rings is 2. The Morgan fingerprint density at radius 2 is 1.86 bits per heavy atom. The van der Waals surface area contributed by atoms with Gasteiger partial charge in [0.05, 0.1) is 12.7 Å². The van der Waals surface area contributed by atoms with Crippen molar-refractivity contribution in [2.24, 2.45) is 0 Å². The highest BCUT2D eigenvalue weighted by Gasteiger charge is 2.31. The van der Waals surface area contributed by atoms with E-state index in [1.54, 1.807) is 12.1 Å². The highest BCUT2D eigenvalue weighted by Crippen LogP contribution is 2.44. The Hall–Kier alpha value is -3.15. The molecule has 1 aliphatic heterocycles. The Morgan fingerprint density at radius 3 is 2.55 bits per heavy atom. The first-order valence-corrected chi connectivity index (χ1v) is 6.37. The monoisotopic (exact) mass is 300 g/mol. The summed E-state index contributed by atoms with van der Waals surface area (Å²) < 4.78 is 10.3. The largest absolute Gasteiger partial charge is 0.507 e. The number of phenols is 3. The highest BCUT2D eigenvalue weighted by atomic mass is 16.5. The number of carbonyl (C=O) groups excluding carboxylic acids is 1. The summed E-state index contributed by atoms with van der Waals surface area (Å²) in [5.41, 5.74) is 0.509. The van der Waals surface area contributed by atoms with Crippen LogP contribution in [0.2, 0.25) is 0 Å². The second-order valence-electron chi connectivity index (χ2n) is 4.67. The molecule has 112 valence electrons. The number of allylic oxidation sites excluding steroid dienone is 1. The van der Waals surface area contributed by atoms with Crippen molar-refractivity contribution in [3.05, 3.63) is 47.2 Å². The number of ether oxygens (including phenoxy) is 2. The number of methoxy groups -OCH3 is 1.